The fourth-order valence-corrected chi connectivity index (χ4v) is 2.31. The summed E-state index contributed by atoms with van der Waals surface area (Å²) in [6, 6.07) is 4.27. The molecule has 1 rings (SSSR count). The number of hydrogen-bond acceptors (Lipinski definition) is 5. The van der Waals surface area contributed by atoms with E-state index >= 15 is 0 Å². The van der Waals surface area contributed by atoms with Crippen LogP contribution in [0.1, 0.15) is 36.2 Å². The molecular formula is C17H24N2O6. The van der Waals surface area contributed by atoms with Crippen molar-refractivity contribution in [2.45, 2.75) is 27.2 Å². The minimum atomic E-state index is -1.00. The molecule has 0 aliphatic carbocycles. The summed E-state index contributed by atoms with van der Waals surface area (Å²) in [5.74, 6) is -2.17. The third kappa shape index (κ3) is 6.15. The van der Waals surface area contributed by atoms with Gasteiger partial charge < -0.3 is 14.7 Å². The molecule has 0 heterocycles. The number of aryl methyl sites for hydroxylation is 1. The largest absolute Gasteiger partial charge is 0.481 e. The molecule has 1 aromatic rings. The van der Waals surface area contributed by atoms with Gasteiger partial charge in [-0.1, -0.05) is 13.0 Å². The van der Waals surface area contributed by atoms with Crippen molar-refractivity contribution < 1.29 is 24.4 Å². The quantitative estimate of drug-likeness (QED) is 0.393. The Bertz CT molecular complexity index is 632. The number of nitro benzene ring substituents is 1. The monoisotopic (exact) mass is 352 g/mol. The lowest BCUT2D eigenvalue weighted by atomic mass is 10.1. The van der Waals surface area contributed by atoms with Crippen LogP contribution < -0.4 is 0 Å². The number of carboxylic acid groups (broad SMARTS) is 1. The second kappa shape index (κ2) is 9.73. The maximum Gasteiger partial charge on any atom is 0.308 e. The number of carbonyl (C=O) groups excluding carboxylic acids is 1. The highest BCUT2D eigenvalue weighted by molar-refractivity contribution is 5.95. The summed E-state index contributed by atoms with van der Waals surface area (Å²) >= 11 is 0. The molecule has 0 spiro atoms. The van der Waals surface area contributed by atoms with E-state index < -0.39 is 22.7 Å². The van der Waals surface area contributed by atoms with E-state index in [0.29, 0.717) is 31.7 Å². The number of ether oxygens (including phenoxy) is 1. The number of benzene rings is 1. The molecule has 0 radical (unpaired) electrons. The standard InChI is InChI=1S/C17H24N2O6/c1-4-25-9-5-8-18(11-13(3)17(21)22)16(20)14-7-6-12(2)15(10-14)19(23)24/h6-7,10,13H,4-5,8-9,11H2,1-3H3,(H,21,22). The van der Waals surface area contributed by atoms with Gasteiger partial charge >= 0.3 is 5.97 Å². The molecule has 1 N–H and O–H groups in total. The van der Waals surface area contributed by atoms with Gasteiger partial charge in [0.15, 0.2) is 0 Å². The maximum absolute atomic E-state index is 12.7. The van der Waals surface area contributed by atoms with Gasteiger partial charge in [0, 0.05) is 43.5 Å². The first-order valence-electron chi connectivity index (χ1n) is 8.12. The normalized spacial score (nSPS) is 11.8. The highest BCUT2D eigenvalue weighted by Crippen LogP contribution is 2.20. The summed E-state index contributed by atoms with van der Waals surface area (Å²) in [5.41, 5.74) is 0.501. The van der Waals surface area contributed by atoms with Crippen molar-refractivity contribution >= 4 is 17.6 Å². The molecule has 1 amide bonds. The van der Waals surface area contributed by atoms with Gasteiger partial charge in [0.25, 0.3) is 11.6 Å². The van der Waals surface area contributed by atoms with Crippen molar-refractivity contribution in [1.82, 2.24) is 4.90 Å². The number of amides is 1. The highest BCUT2D eigenvalue weighted by Gasteiger charge is 2.23. The van der Waals surface area contributed by atoms with E-state index in [1.807, 2.05) is 6.92 Å². The average molecular weight is 352 g/mol. The third-order valence-electron chi connectivity index (χ3n) is 3.78. The first kappa shape index (κ1) is 20.6. The van der Waals surface area contributed by atoms with Gasteiger partial charge in [0.1, 0.15) is 0 Å². The predicted molar refractivity (Wildman–Crippen MR) is 91.6 cm³/mol. The molecule has 0 aromatic heterocycles. The summed E-state index contributed by atoms with van der Waals surface area (Å²) in [7, 11) is 0. The van der Waals surface area contributed by atoms with E-state index in [0.717, 1.165) is 0 Å². The Balaban J connectivity index is 2.98. The zero-order chi connectivity index (χ0) is 19.0. The highest BCUT2D eigenvalue weighted by atomic mass is 16.6. The van der Waals surface area contributed by atoms with Gasteiger partial charge in [0.2, 0.25) is 0 Å². The van der Waals surface area contributed by atoms with E-state index in [4.69, 9.17) is 9.84 Å². The van der Waals surface area contributed by atoms with Crippen LogP contribution in [0.5, 0.6) is 0 Å². The van der Waals surface area contributed by atoms with E-state index in [2.05, 4.69) is 0 Å². The van der Waals surface area contributed by atoms with E-state index in [9.17, 15) is 19.7 Å². The van der Waals surface area contributed by atoms with Gasteiger partial charge in [-0.25, -0.2) is 0 Å². The summed E-state index contributed by atoms with van der Waals surface area (Å²) in [6.45, 7) is 6.34. The first-order chi connectivity index (χ1) is 11.8. The van der Waals surface area contributed by atoms with Crippen LogP contribution >= 0.6 is 0 Å². The van der Waals surface area contributed by atoms with Crippen molar-refractivity contribution in [2.75, 3.05) is 26.3 Å². The molecule has 8 heteroatoms. The van der Waals surface area contributed by atoms with Crippen LogP contribution in [0.2, 0.25) is 0 Å². The fraction of sp³-hybridized carbons (Fsp3) is 0.529. The van der Waals surface area contributed by atoms with Crippen LogP contribution in [0.25, 0.3) is 0 Å². The Morgan fingerprint density at radius 2 is 2.08 bits per heavy atom. The van der Waals surface area contributed by atoms with Gasteiger partial charge in [-0.15, -0.1) is 0 Å². The number of carboxylic acids is 1. The molecule has 0 fully saturated rings. The Morgan fingerprint density at radius 3 is 2.64 bits per heavy atom. The van der Waals surface area contributed by atoms with Gasteiger partial charge in [0.05, 0.1) is 10.8 Å². The third-order valence-corrected chi connectivity index (χ3v) is 3.78. The number of nitro groups is 1. The Labute approximate surface area is 146 Å². The minimum absolute atomic E-state index is 0.0297. The molecule has 0 bridgehead atoms. The second-order valence-corrected chi connectivity index (χ2v) is 5.80. The predicted octanol–water partition coefficient (Wildman–Crippen LogP) is 2.49. The summed E-state index contributed by atoms with van der Waals surface area (Å²) in [4.78, 5) is 35.8. The molecule has 1 atom stereocenters. The van der Waals surface area contributed by atoms with Crippen LogP contribution in [0.3, 0.4) is 0 Å². The summed E-state index contributed by atoms with van der Waals surface area (Å²) in [6.07, 6.45) is 0.555. The van der Waals surface area contributed by atoms with Gasteiger partial charge in [-0.3, -0.25) is 19.7 Å². The van der Waals surface area contributed by atoms with Crippen LogP contribution in [-0.2, 0) is 9.53 Å². The smallest absolute Gasteiger partial charge is 0.308 e. The molecule has 138 valence electrons. The van der Waals surface area contributed by atoms with Gasteiger partial charge in [-0.2, -0.15) is 0 Å². The number of nitrogens with zero attached hydrogens (tertiary/aromatic N) is 2. The number of carbonyl (C=O) groups is 2. The molecule has 0 saturated carbocycles. The van der Waals surface area contributed by atoms with E-state index in [-0.39, 0.29) is 17.8 Å². The van der Waals surface area contributed by atoms with Crippen LogP contribution in [-0.4, -0.2) is 53.1 Å². The molecule has 1 aromatic carbocycles. The molecule has 0 saturated heterocycles. The zero-order valence-electron chi connectivity index (χ0n) is 14.7. The molecule has 8 nitrogen and oxygen atoms in total. The second-order valence-electron chi connectivity index (χ2n) is 5.80. The molecule has 0 aliphatic heterocycles. The first-order valence-corrected chi connectivity index (χ1v) is 8.12. The van der Waals surface area contributed by atoms with E-state index in [1.54, 1.807) is 6.92 Å². The maximum atomic E-state index is 12.7. The summed E-state index contributed by atoms with van der Waals surface area (Å²) < 4.78 is 5.24. The zero-order valence-corrected chi connectivity index (χ0v) is 14.7. The van der Waals surface area contributed by atoms with Crippen LogP contribution in [0, 0.1) is 23.0 Å². The van der Waals surface area contributed by atoms with Crippen molar-refractivity contribution in [2.24, 2.45) is 5.92 Å². The topological polar surface area (TPSA) is 110 Å². The number of rotatable bonds is 10. The van der Waals surface area contributed by atoms with E-state index in [1.165, 1.54) is 30.0 Å². The van der Waals surface area contributed by atoms with Crippen molar-refractivity contribution in [3.05, 3.63) is 39.4 Å². The summed E-state index contributed by atoms with van der Waals surface area (Å²) in [5, 5.41) is 20.2. The lowest BCUT2D eigenvalue weighted by Crippen LogP contribution is -2.38. The molecule has 0 aliphatic rings. The molecule has 25 heavy (non-hydrogen) atoms. The minimum Gasteiger partial charge on any atom is -0.481 e. The Kier molecular flexibility index (Phi) is 8.00. The average Bonchev–Trinajstić information content (AvgIpc) is 2.56. The van der Waals surface area contributed by atoms with Crippen molar-refractivity contribution in [1.29, 1.82) is 0 Å². The van der Waals surface area contributed by atoms with Gasteiger partial charge in [-0.05, 0) is 26.3 Å². The lowest BCUT2D eigenvalue weighted by molar-refractivity contribution is -0.385. The number of hydrogen-bond donors (Lipinski definition) is 1. The fourth-order valence-electron chi connectivity index (χ4n) is 2.31. The van der Waals surface area contributed by atoms with Crippen LogP contribution in [0.4, 0.5) is 5.69 Å². The SMILES string of the molecule is CCOCCCN(CC(C)C(=O)O)C(=O)c1ccc(C)c([N+](=O)[O-])c1. The Morgan fingerprint density at radius 1 is 1.40 bits per heavy atom. The molecular weight excluding hydrogens is 328 g/mol. The Hall–Kier alpha value is -2.48. The van der Waals surface area contributed by atoms with Crippen molar-refractivity contribution in [3.63, 3.8) is 0 Å². The lowest BCUT2D eigenvalue weighted by Gasteiger charge is -2.24. The van der Waals surface area contributed by atoms with Crippen LogP contribution in [0.15, 0.2) is 18.2 Å². The number of aliphatic carboxylic acids is 1. The molecule has 1 unspecified atom stereocenters. The van der Waals surface area contributed by atoms with Crippen molar-refractivity contribution in [3.8, 4) is 0 Å².